The van der Waals surface area contributed by atoms with Crippen LogP contribution in [0.3, 0.4) is 0 Å². The Balaban J connectivity index is 1.19. The zero-order valence-corrected chi connectivity index (χ0v) is 24.5. The van der Waals surface area contributed by atoms with Gasteiger partial charge in [0.25, 0.3) is 0 Å². The Bertz CT molecular complexity index is 1540. The maximum Gasteiger partial charge on any atom is 0.321 e. The van der Waals surface area contributed by atoms with E-state index >= 15 is 0 Å². The van der Waals surface area contributed by atoms with Crippen LogP contribution in [0.2, 0.25) is 0 Å². The van der Waals surface area contributed by atoms with Crippen LogP contribution in [0.5, 0.6) is 0 Å². The molecule has 0 aliphatic carbocycles. The number of piperidine rings is 1. The summed E-state index contributed by atoms with van der Waals surface area (Å²) in [5, 5.41) is 20.6. The molecule has 10 heteroatoms. The molecule has 4 heterocycles. The SMILES string of the molecule is CC(=O)N1CC[C@H](C2c3nc(NC4CCN(C(=O)Nc5ccc(F)cc5)CC4)ccc3C=C(c3ccccc3C)[NH+]2[O-])C1. The van der Waals surface area contributed by atoms with Gasteiger partial charge in [-0.05, 0) is 74.2 Å². The van der Waals surface area contributed by atoms with Crippen LogP contribution in [0.1, 0.15) is 54.6 Å². The van der Waals surface area contributed by atoms with Gasteiger partial charge in [0.05, 0.1) is 0 Å². The van der Waals surface area contributed by atoms with Crippen LogP contribution in [0.4, 0.5) is 20.7 Å². The van der Waals surface area contributed by atoms with Crippen molar-refractivity contribution in [1.29, 1.82) is 0 Å². The fourth-order valence-electron chi connectivity index (χ4n) is 6.50. The summed E-state index contributed by atoms with van der Waals surface area (Å²) in [6.07, 6.45) is 4.20. The summed E-state index contributed by atoms with van der Waals surface area (Å²) < 4.78 is 13.2. The lowest BCUT2D eigenvalue weighted by molar-refractivity contribution is -0.812. The Morgan fingerprint density at radius 3 is 2.40 bits per heavy atom. The highest BCUT2D eigenvalue weighted by Gasteiger charge is 2.41. The van der Waals surface area contributed by atoms with Gasteiger partial charge in [0.1, 0.15) is 29.1 Å². The molecule has 3 atom stereocenters. The normalized spacial score (nSPS) is 22.1. The Kier molecular flexibility index (Phi) is 8.14. The Hall–Kier alpha value is -4.28. The van der Waals surface area contributed by atoms with E-state index in [-0.39, 0.29) is 34.8 Å². The summed E-state index contributed by atoms with van der Waals surface area (Å²) in [6, 6.07) is 17.2. The molecule has 43 heavy (non-hydrogen) atoms. The molecule has 2 fully saturated rings. The van der Waals surface area contributed by atoms with Crippen molar-refractivity contribution in [3.8, 4) is 0 Å². The number of pyridine rings is 1. The van der Waals surface area contributed by atoms with Crippen molar-refractivity contribution in [2.75, 3.05) is 36.8 Å². The van der Waals surface area contributed by atoms with E-state index in [9.17, 15) is 19.2 Å². The number of rotatable bonds is 5. The number of fused-ring (bicyclic) bond motifs is 1. The monoisotopic (exact) mass is 584 g/mol. The lowest BCUT2D eigenvalue weighted by Crippen LogP contribution is -3.06. The lowest BCUT2D eigenvalue weighted by atomic mass is 9.88. The van der Waals surface area contributed by atoms with Crippen molar-refractivity contribution in [3.63, 3.8) is 0 Å². The highest BCUT2D eigenvalue weighted by Crippen LogP contribution is 2.35. The van der Waals surface area contributed by atoms with Crippen molar-refractivity contribution in [2.45, 2.75) is 45.2 Å². The smallest absolute Gasteiger partial charge is 0.321 e. The number of nitrogens with one attached hydrogen (secondary N) is 3. The van der Waals surface area contributed by atoms with Crippen LogP contribution in [0.15, 0.2) is 60.7 Å². The molecule has 2 unspecified atom stereocenters. The number of benzene rings is 2. The van der Waals surface area contributed by atoms with Crippen molar-refractivity contribution in [2.24, 2.45) is 5.92 Å². The number of halogens is 1. The van der Waals surface area contributed by atoms with E-state index in [1.165, 1.54) is 12.1 Å². The number of nitrogens with zero attached hydrogens (tertiary/aromatic N) is 3. The molecule has 6 rings (SSSR count). The van der Waals surface area contributed by atoms with Crippen LogP contribution in [0.25, 0.3) is 11.8 Å². The maximum atomic E-state index is 14.2. The zero-order valence-electron chi connectivity index (χ0n) is 24.5. The van der Waals surface area contributed by atoms with Gasteiger partial charge in [-0.3, -0.25) is 4.79 Å². The number of anilines is 2. The Morgan fingerprint density at radius 2 is 1.70 bits per heavy atom. The topological polar surface area (TPSA) is 105 Å². The molecule has 3 aliphatic rings. The number of aryl methyl sites for hydroxylation is 1. The number of aromatic nitrogens is 1. The number of amides is 3. The van der Waals surface area contributed by atoms with Gasteiger partial charge >= 0.3 is 6.03 Å². The van der Waals surface area contributed by atoms with Gasteiger partial charge in [0.2, 0.25) is 5.91 Å². The van der Waals surface area contributed by atoms with Gasteiger partial charge in [-0.25, -0.2) is 14.2 Å². The van der Waals surface area contributed by atoms with E-state index in [2.05, 4.69) is 10.6 Å². The van der Waals surface area contributed by atoms with Crippen molar-refractivity contribution in [3.05, 3.63) is 94.1 Å². The van der Waals surface area contributed by atoms with Gasteiger partial charge in [0.15, 0.2) is 0 Å². The molecule has 2 aromatic carbocycles. The molecule has 2 saturated heterocycles. The van der Waals surface area contributed by atoms with Gasteiger partial charge in [-0.2, -0.15) is 0 Å². The zero-order chi connectivity index (χ0) is 30.1. The third kappa shape index (κ3) is 6.11. The quantitative estimate of drug-likeness (QED) is 0.385. The molecule has 0 radical (unpaired) electrons. The second-order valence-electron chi connectivity index (χ2n) is 11.7. The fraction of sp³-hybridized carbons (Fsp3) is 0.364. The average molecular weight is 585 g/mol. The second-order valence-corrected chi connectivity index (χ2v) is 11.7. The Morgan fingerprint density at radius 1 is 0.977 bits per heavy atom. The first-order valence-corrected chi connectivity index (χ1v) is 14.9. The van der Waals surface area contributed by atoms with Crippen molar-refractivity contribution < 1.29 is 19.0 Å². The summed E-state index contributed by atoms with van der Waals surface area (Å²) in [5.74, 6) is 0.385. The van der Waals surface area contributed by atoms with E-state index in [0.29, 0.717) is 43.4 Å². The number of urea groups is 1. The standard InChI is InChI=1S/C33H37FN6O3/c1-21-5-3-4-6-28(21)29-19-23-7-12-30(37-31(23)32(40(29)43)24-13-16-39(20-24)22(2)41)35-27-14-17-38(18-15-27)33(42)36-26-10-8-25(34)9-11-26/h3-12,19,24,27,32,40H,13-18,20H2,1-2H3,(H,35,37)(H,36,42)/t24-,32?/m0/s1. The predicted octanol–water partition coefficient (Wildman–Crippen LogP) is 4.44. The summed E-state index contributed by atoms with van der Waals surface area (Å²) in [6.45, 7) is 5.93. The minimum absolute atomic E-state index is 0.00604. The minimum atomic E-state index is -0.433. The largest absolute Gasteiger partial charge is 0.628 e. The molecule has 3 amide bonds. The van der Waals surface area contributed by atoms with E-state index in [1.807, 2.05) is 54.3 Å². The van der Waals surface area contributed by atoms with Gasteiger partial charge in [0, 0.05) is 68.0 Å². The third-order valence-corrected chi connectivity index (χ3v) is 8.91. The molecule has 3 N–H and O–H groups in total. The maximum absolute atomic E-state index is 14.2. The number of hydrogen-bond acceptors (Lipinski definition) is 5. The fourth-order valence-corrected chi connectivity index (χ4v) is 6.50. The van der Waals surface area contributed by atoms with Crippen LogP contribution >= 0.6 is 0 Å². The number of quaternary nitrogens is 1. The molecule has 1 aromatic heterocycles. The number of hydrogen-bond donors (Lipinski definition) is 3. The summed E-state index contributed by atoms with van der Waals surface area (Å²) in [4.78, 5) is 33.5. The van der Waals surface area contributed by atoms with Crippen LogP contribution in [-0.2, 0) is 4.79 Å². The Labute approximate surface area is 251 Å². The molecule has 3 aromatic rings. The van der Waals surface area contributed by atoms with E-state index in [4.69, 9.17) is 4.98 Å². The van der Waals surface area contributed by atoms with Crippen molar-refractivity contribution in [1.82, 2.24) is 14.8 Å². The van der Waals surface area contributed by atoms with Crippen molar-refractivity contribution >= 4 is 35.2 Å². The van der Waals surface area contributed by atoms with Gasteiger partial charge < -0.3 is 30.7 Å². The molecular formula is C33H37FN6O3. The van der Waals surface area contributed by atoms with Crippen LogP contribution < -0.4 is 15.7 Å². The number of carbonyl (C=O) groups excluding carboxylic acids is 2. The molecule has 0 saturated carbocycles. The molecule has 9 nitrogen and oxygen atoms in total. The molecule has 0 spiro atoms. The molecule has 3 aliphatic heterocycles. The van der Waals surface area contributed by atoms with E-state index in [1.54, 1.807) is 24.0 Å². The molecule has 0 bridgehead atoms. The van der Waals surface area contributed by atoms with E-state index < -0.39 is 6.04 Å². The van der Waals surface area contributed by atoms with Gasteiger partial charge in [-0.1, -0.05) is 18.2 Å². The molecule has 224 valence electrons. The number of likely N-dealkylation sites (tertiary alicyclic amines) is 2. The van der Waals surface area contributed by atoms with E-state index in [0.717, 1.165) is 41.6 Å². The first-order valence-electron chi connectivity index (χ1n) is 14.9. The first-order chi connectivity index (χ1) is 20.8. The third-order valence-electron chi connectivity index (χ3n) is 8.91. The lowest BCUT2D eigenvalue weighted by Gasteiger charge is -2.40. The van der Waals surface area contributed by atoms with Gasteiger partial charge in [-0.15, -0.1) is 0 Å². The van der Waals surface area contributed by atoms with Crippen LogP contribution in [-0.4, -0.2) is 58.9 Å². The second kappa shape index (κ2) is 12.1. The number of hydroxylamine groups is 2. The number of carbonyl (C=O) groups is 2. The predicted molar refractivity (Wildman–Crippen MR) is 164 cm³/mol. The first kappa shape index (κ1) is 28.8. The van der Waals surface area contributed by atoms with Crippen LogP contribution in [0, 0.1) is 23.9 Å². The molecular weight excluding hydrogens is 547 g/mol. The highest BCUT2D eigenvalue weighted by molar-refractivity contribution is 5.89. The average Bonchev–Trinajstić information content (AvgIpc) is 3.49. The highest BCUT2D eigenvalue weighted by atomic mass is 19.1. The summed E-state index contributed by atoms with van der Waals surface area (Å²) in [5.41, 5.74) is 4.93. The minimum Gasteiger partial charge on any atom is -0.628 e. The summed E-state index contributed by atoms with van der Waals surface area (Å²) >= 11 is 0. The summed E-state index contributed by atoms with van der Waals surface area (Å²) in [7, 11) is 0.